The van der Waals surface area contributed by atoms with Gasteiger partial charge in [0, 0.05) is 38.9 Å². The molecule has 30 heavy (non-hydrogen) atoms. The Labute approximate surface area is 176 Å². The van der Waals surface area contributed by atoms with Crippen molar-refractivity contribution in [2.75, 3.05) is 26.2 Å². The fraction of sp³-hybridized carbons (Fsp3) is 0.750. The number of hydroxylamine groups is 2. The van der Waals surface area contributed by atoms with Gasteiger partial charge in [0.15, 0.2) is 0 Å². The lowest BCUT2D eigenvalue weighted by Crippen LogP contribution is -2.46. The number of imide groups is 1. The van der Waals surface area contributed by atoms with Crippen molar-refractivity contribution in [3.63, 3.8) is 0 Å². The molecule has 4 amide bonds. The molecule has 1 unspecified atom stereocenters. The lowest BCUT2D eigenvalue weighted by molar-refractivity contribution is -0.197. The second-order valence-corrected chi connectivity index (χ2v) is 8.88. The van der Waals surface area contributed by atoms with Gasteiger partial charge in [-0.3, -0.25) is 24.1 Å². The van der Waals surface area contributed by atoms with Crippen LogP contribution in [0, 0.1) is 5.41 Å². The number of carbonyl (C=O) groups is 5. The Balaban J connectivity index is 1.60. The number of amides is 4. The third-order valence-corrected chi connectivity index (χ3v) is 4.85. The van der Waals surface area contributed by atoms with Crippen LogP contribution >= 0.6 is 0 Å². The predicted octanol–water partition coefficient (Wildman–Crippen LogP) is 0.117. The highest BCUT2D eigenvalue weighted by molar-refractivity contribution is 6.01. The lowest BCUT2D eigenvalue weighted by atomic mass is 9.97. The number of carbonyl (C=O) groups excluding carboxylic acids is 5. The summed E-state index contributed by atoms with van der Waals surface area (Å²) in [6, 6.07) is -0.155. The van der Waals surface area contributed by atoms with Gasteiger partial charge in [0.1, 0.15) is 0 Å². The van der Waals surface area contributed by atoms with Crippen molar-refractivity contribution < 1.29 is 28.8 Å². The van der Waals surface area contributed by atoms with E-state index < -0.39 is 17.8 Å². The van der Waals surface area contributed by atoms with Crippen LogP contribution in [0.15, 0.2) is 0 Å². The minimum absolute atomic E-state index is 0.0177. The molecule has 10 heteroatoms. The standard InChI is InChI=1S/C20H32N4O6/c1-20(2,3)13-23-12-4-5-14(23)19(29)22-10-8-15(25)21-11-9-18(28)30-24-16(26)6-7-17(24)27/h14H,4-13H2,1-3H3,(H,21,25)(H,22,29)/i8+1,9+1,10+1,11+1,15+1,18+1,19+1,21+1,23+1. The third-order valence-electron chi connectivity index (χ3n) is 4.85. The molecule has 2 saturated heterocycles. The Morgan fingerprint density at radius 3 is 2.30 bits per heavy atom. The molecule has 0 aromatic rings. The van der Waals surface area contributed by atoms with Crippen molar-refractivity contribution in [2.45, 2.75) is 65.3 Å². The average molecular weight is 433 g/mol. The molecule has 0 saturated carbocycles. The van der Waals surface area contributed by atoms with Crippen LogP contribution in [0.1, 0.15) is 59.3 Å². The number of nitrogens with one attached hydrogen (secondary N) is 2. The number of hydrogen-bond donors (Lipinski definition) is 2. The summed E-state index contributed by atoms with van der Waals surface area (Å²) < 4.78 is 0. The van der Waals surface area contributed by atoms with Crippen molar-refractivity contribution in [3.05, 3.63) is 0 Å². The number of rotatable bonds is 9. The highest BCUT2D eigenvalue weighted by Gasteiger charge is 2.33. The summed E-state index contributed by atoms with van der Waals surface area (Å²) in [5.74, 6) is -2.23. The normalized spacial score (nSPS) is 19.8. The number of hydrogen-bond acceptors (Lipinski definition) is 7. The maximum Gasteiger partial charge on any atom is 0.334 e. The van der Waals surface area contributed by atoms with Crippen LogP contribution in [-0.4, -0.2) is 71.8 Å². The van der Waals surface area contributed by atoms with E-state index in [1.807, 2.05) is 0 Å². The summed E-state index contributed by atoms with van der Waals surface area (Å²) >= 11 is 0. The molecule has 1 atom stereocenters. The zero-order valence-electron chi connectivity index (χ0n) is 18.0. The number of likely N-dealkylation sites (tertiary alicyclic amines) is 1. The van der Waals surface area contributed by atoms with Crippen molar-refractivity contribution in [1.29, 1.82) is 0 Å². The first-order chi connectivity index (χ1) is 14.1. The second kappa shape index (κ2) is 10.5. The summed E-state index contributed by atoms with van der Waals surface area (Å²) in [5, 5.41) is 5.85. The quantitative estimate of drug-likeness (QED) is 0.301. The Hall–Kier alpha value is -2.49. The Morgan fingerprint density at radius 2 is 1.67 bits per heavy atom. The molecular weight excluding hydrogens is 401 g/mol. The SMILES string of the molecule is CC(C)(C)C[15N]1CCCC1[13C](=O)N[13CH2][13CH2][13C](=O)[15NH][13CH2][13CH2][13C](=O)ON1C(=O)CCC1=O. The summed E-state index contributed by atoms with van der Waals surface area (Å²) in [7, 11) is 0. The van der Waals surface area contributed by atoms with Crippen molar-refractivity contribution in [1.82, 2.24) is 20.6 Å². The van der Waals surface area contributed by atoms with E-state index in [9.17, 15) is 24.0 Å². The van der Waals surface area contributed by atoms with Crippen molar-refractivity contribution >= 4 is 29.6 Å². The van der Waals surface area contributed by atoms with Crippen LogP contribution in [0.3, 0.4) is 0 Å². The molecule has 0 aromatic heterocycles. The van der Waals surface area contributed by atoms with E-state index in [0.717, 1.165) is 25.9 Å². The molecule has 0 radical (unpaired) electrons. The van der Waals surface area contributed by atoms with E-state index in [4.69, 9.17) is 4.84 Å². The van der Waals surface area contributed by atoms with Gasteiger partial charge in [-0.1, -0.05) is 20.8 Å². The molecule has 10 nitrogen and oxygen atoms in total. The molecule has 0 aromatic carbocycles. The first-order valence-corrected chi connectivity index (χ1v) is 10.4. The van der Waals surface area contributed by atoms with E-state index >= 15 is 0 Å². The molecule has 168 valence electrons. The summed E-state index contributed by atoms with van der Waals surface area (Å²) in [6.45, 7) is 8.40. The van der Waals surface area contributed by atoms with E-state index in [-0.39, 0.29) is 62.0 Å². The minimum Gasteiger partial charge on any atom is -0.355 e. The van der Waals surface area contributed by atoms with E-state index in [1.54, 1.807) is 0 Å². The largest absolute Gasteiger partial charge is 0.355 e. The van der Waals surface area contributed by atoms with Gasteiger partial charge in [0.05, 0.1) is 12.5 Å². The fourth-order valence-electron chi connectivity index (χ4n) is 3.54. The summed E-state index contributed by atoms with van der Waals surface area (Å²) in [6.07, 6.45) is 1.79. The molecule has 0 aliphatic carbocycles. The highest BCUT2D eigenvalue weighted by Crippen LogP contribution is 2.23. The molecule has 2 fully saturated rings. The van der Waals surface area contributed by atoms with Crippen LogP contribution in [0.25, 0.3) is 0 Å². The Bertz CT molecular complexity index is 671. The van der Waals surface area contributed by atoms with E-state index in [0.29, 0.717) is 5.06 Å². The minimum atomic E-state index is -0.771. The smallest absolute Gasteiger partial charge is 0.334 e. The monoisotopic (exact) mass is 433 g/mol. The molecule has 0 spiro atoms. The van der Waals surface area contributed by atoms with Crippen LogP contribution in [0.2, 0.25) is 0 Å². The summed E-state index contributed by atoms with van der Waals surface area (Å²) in [5.41, 5.74) is 0.110. The molecule has 2 aliphatic rings. The van der Waals surface area contributed by atoms with Crippen molar-refractivity contribution in [2.24, 2.45) is 5.41 Å². The van der Waals surface area contributed by atoms with Crippen LogP contribution in [0.5, 0.6) is 0 Å². The third kappa shape index (κ3) is 7.40. The van der Waals surface area contributed by atoms with Gasteiger partial charge in [-0.2, -0.15) is 0 Å². The van der Waals surface area contributed by atoms with Gasteiger partial charge in [-0.25, -0.2) is 4.79 Å². The molecular formula is C20H32N4O6. The first-order valence-electron chi connectivity index (χ1n) is 10.4. The van der Waals surface area contributed by atoms with Gasteiger partial charge >= 0.3 is 5.97 Å². The molecule has 2 N–H and O–H groups in total. The Morgan fingerprint density at radius 1 is 1.03 bits per heavy atom. The Kier molecular flexibility index (Phi) is 8.33. The summed E-state index contributed by atoms with van der Waals surface area (Å²) in [4.78, 5) is 65.7. The molecule has 2 heterocycles. The topological polar surface area (TPSA) is 125 Å². The van der Waals surface area contributed by atoms with Gasteiger partial charge in [-0.15, -0.1) is 5.06 Å². The zero-order valence-corrected chi connectivity index (χ0v) is 18.0. The van der Waals surface area contributed by atoms with Crippen LogP contribution in [-0.2, 0) is 28.8 Å². The van der Waals surface area contributed by atoms with Gasteiger partial charge in [0.25, 0.3) is 11.8 Å². The van der Waals surface area contributed by atoms with Gasteiger partial charge in [-0.05, 0) is 24.8 Å². The fourth-order valence-corrected chi connectivity index (χ4v) is 3.54. The predicted molar refractivity (Wildman–Crippen MR) is 106 cm³/mol. The average Bonchev–Trinajstić information content (AvgIpc) is 3.21. The molecule has 2 rings (SSSR count). The van der Waals surface area contributed by atoms with Gasteiger partial charge in [0.2, 0.25) is 11.8 Å². The number of nitrogens with zero attached hydrogens (tertiary/aromatic N) is 2. The zero-order chi connectivity index (χ0) is 22.3. The van der Waals surface area contributed by atoms with Crippen molar-refractivity contribution in [3.8, 4) is 0 Å². The molecule has 2 aliphatic heterocycles. The second-order valence-electron chi connectivity index (χ2n) is 8.88. The van der Waals surface area contributed by atoms with E-state index in [2.05, 4.69) is 36.3 Å². The van der Waals surface area contributed by atoms with Crippen LogP contribution in [0.4, 0.5) is 0 Å². The maximum absolute atomic E-state index is 12.4. The van der Waals surface area contributed by atoms with Gasteiger partial charge < -0.3 is 15.5 Å². The molecule has 0 bridgehead atoms. The highest BCUT2D eigenvalue weighted by atomic mass is 16.8. The first kappa shape index (κ1) is 23.8. The maximum atomic E-state index is 12.4. The van der Waals surface area contributed by atoms with Crippen LogP contribution < -0.4 is 10.6 Å². The van der Waals surface area contributed by atoms with E-state index in [1.165, 1.54) is 0 Å². The lowest BCUT2D eigenvalue weighted by Gasteiger charge is -2.30.